The molecule has 2 aromatic rings. The van der Waals surface area contributed by atoms with Crippen molar-refractivity contribution < 1.29 is 4.42 Å². The second-order valence-electron chi connectivity index (χ2n) is 4.15. The molecule has 4 nitrogen and oxygen atoms in total. The highest BCUT2D eigenvalue weighted by Crippen LogP contribution is 2.26. The Morgan fingerprint density at radius 2 is 2.17 bits per heavy atom. The van der Waals surface area contributed by atoms with Crippen LogP contribution in [0.15, 0.2) is 22.6 Å². The summed E-state index contributed by atoms with van der Waals surface area (Å²) in [5.74, 6) is 0.422. The van der Waals surface area contributed by atoms with E-state index in [-0.39, 0.29) is 5.38 Å². The Morgan fingerprint density at radius 3 is 2.78 bits per heavy atom. The fourth-order valence-electron chi connectivity index (χ4n) is 1.75. The maximum atomic E-state index is 5.89. The number of para-hydroxylation sites is 1. The van der Waals surface area contributed by atoms with Crippen LogP contribution in [0.4, 0.5) is 11.7 Å². The first-order valence-corrected chi connectivity index (χ1v) is 6.38. The van der Waals surface area contributed by atoms with Gasteiger partial charge in [0, 0.05) is 5.69 Å². The molecule has 2 rings (SSSR count). The predicted molar refractivity (Wildman–Crippen MR) is 72.4 cm³/mol. The molecule has 18 heavy (non-hydrogen) atoms. The van der Waals surface area contributed by atoms with Crippen LogP contribution in [0.2, 0.25) is 0 Å². The van der Waals surface area contributed by atoms with Gasteiger partial charge in [-0.3, -0.25) is 0 Å². The number of anilines is 2. The summed E-state index contributed by atoms with van der Waals surface area (Å²) in [6, 6.07) is 6.54. The third kappa shape index (κ3) is 2.64. The molecule has 1 unspecified atom stereocenters. The zero-order valence-electron chi connectivity index (χ0n) is 10.7. The Kier molecular flexibility index (Phi) is 3.87. The van der Waals surface area contributed by atoms with Gasteiger partial charge in [-0.05, 0) is 31.4 Å². The van der Waals surface area contributed by atoms with Gasteiger partial charge in [0.25, 0.3) is 0 Å². The minimum Gasteiger partial charge on any atom is -0.406 e. The molecule has 1 heterocycles. The second kappa shape index (κ2) is 5.40. The van der Waals surface area contributed by atoms with Gasteiger partial charge in [0.2, 0.25) is 5.89 Å². The number of hydrogen-bond acceptors (Lipinski definition) is 4. The van der Waals surface area contributed by atoms with Gasteiger partial charge in [0.15, 0.2) is 0 Å². The average Bonchev–Trinajstić information content (AvgIpc) is 2.80. The zero-order valence-corrected chi connectivity index (χ0v) is 11.5. The minimum absolute atomic E-state index is 0.282. The number of rotatable bonds is 4. The molecular formula is C13H16ClN3O. The molecule has 1 aromatic carbocycles. The van der Waals surface area contributed by atoms with Gasteiger partial charge in [-0.2, -0.15) is 0 Å². The number of hydrogen-bond donors (Lipinski definition) is 1. The summed E-state index contributed by atoms with van der Waals surface area (Å²) in [7, 11) is 0. The lowest BCUT2D eigenvalue weighted by molar-refractivity contribution is 0.509. The number of aromatic nitrogens is 2. The molecule has 0 spiro atoms. The van der Waals surface area contributed by atoms with Crippen molar-refractivity contribution in [3.8, 4) is 0 Å². The molecule has 0 saturated carbocycles. The van der Waals surface area contributed by atoms with Crippen molar-refractivity contribution in [2.75, 3.05) is 5.32 Å². The first-order chi connectivity index (χ1) is 8.61. The molecule has 0 fully saturated rings. The van der Waals surface area contributed by atoms with Gasteiger partial charge in [-0.1, -0.05) is 30.2 Å². The first-order valence-electron chi connectivity index (χ1n) is 5.94. The van der Waals surface area contributed by atoms with E-state index in [1.807, 2.05) is 19.1 Å². The van der Waals surface area contributed by atoms with Crippen molar-refractivity contribution in [2.45, 2.75) is 32.6 Å². The first kappa shape index (κ1) is 12.9. The minimum atomic E-state index is -0.282. The maximum absolute atomic E-state index is 5.89. The molecule has 1 atom stereocenters. The number of nitrogens with zero attached hydrogens (tertiary/aromatic N) is 2. The van der Waals surface area contributed by atoms with Crippen molar-refractivity contribution in [1.29, 1.82) is 0 Å². The number of benzene rings is 1. The van der Waals surface area contributed by atoms with E-state index in [0.29, 0.717) is 11.9 Å². The Labute approximate surface area is 111 Å². The molecule has 0 aliphatic rings. The lowest BCUT2D eigenvalue weighted by Gasteiger charge is -2.10. The van der Waals surface area contributed by atoms with E-state index in [9.17, 15) is 0 Å². The SMILES string of the molecule is CCc1cccc(C)c1Nc1nnc(C(C)Cl)o1. The van der Waals surface area contributed by atoms with E-state index in [4.69, 9.17) is 16.0 Å². The largest absolute Gasteiger partial charge is 0.406 e. The van der Waals surface area contributed by atoms with Gasteiger partial charge >= 0.3 is 6.01 Å². The van der Waals surface area contributed by atoms with Crippen molar-refractivity contribution in [1.82, 2.24) is 10.2 Å². The van der Waals surface area contributed by atoms with Crippen molar-refractivity contribution in [3.63, 3.8) is 0 Å². The standard InChI is InChI=1S/C13H16ClN3O/c1-4-10-7-5-6-8(2)11(10)15-13-17-16-12(18-13)9(3)14/h5-7,9H,4H2,1-3H3,(H,15,17). The van der Waals surface area contributed by atoms with Crippen LogP contribution in [0.25, 0.3) is 0 Å². The summed E-state index contributed by atoms with van der Waals surface area (Å²) < 4.78 is 5.44. The van der Waals surface area contributed by atoms with Crippen LogP contribution in [-0.2, 0) is 6.42 Å². The zero-order chi connectivity index (χ0) is 13.1. The van der Waals surface area contributed by atoms with Crippen LogP contribution >= 0.6 is 11.6 Å². The molecule has 1 N–H and O–H groups in total. The monoisotopic (exact) mass is 265 g/mol. The average molecular weight is 266 g/mol. The molecular weight excluding hydrogens is 250 g/mol. The van der Waals surface area contributed by atoms with E-state index in [2.05, 4.69) is 28.5 Å². The highest BCUT2D eigenvalue weighted by atomic mass is 35.5. The summed E-state index contributed by atoms with van der Waals surface area (Å²) in [5, 5.41) is 10.7. The summed E-state index contributed by atoms with van der Waals surface area (Å²) in [6.07, 6.45) is 0.941. The topological polar surface area (TPSA) is 51.0 Å². The normalized spacial score (nSPS) is 12.4. The highest BCUT2D eigenvalue weighted by molar-refractivity contribution is 6.20. The van der Waals surface area contributed by atoms with E-state index in [0.717, 1.165) is 17.7 Å². The Balaban J connectivity index is 2.27. The Bertz CT molecular complexity index is 537. The number of aryl methyl sites for hydroxylation is 2. The van der Waals surface area contributed by atoms with Crippen LogP contribution in [0.5, 0.6) is 0 Å². The predicted octanol–water partition coefficient (Wildman–Crippen LogP) is 3.98. The molecule has 0 aliphatic heterocycles. The van der Waals surface area contributed by atoms with Gasteiger partial charge in [0.05, 0.1) is 0 Å². The molecule has 1 aromatic heterocycles. The fourth-order valence-corrected chi connectivity index (χ4v) is 1.84. The van der Waals surface area contributed by atoms with Crippen LogP contribution in [0.3, 0.4) is 0 Å². The molecule has 0 amide bonds. The van der Waals surface area contributed by atoms with Crippen molar-refractivity contribution in [2.24, 2.45) is 0 Å². The lowest BCUT2D eigenvalue weighted by Crippen LogP contribution is -1.98. The summed E-state index contributed by atoms with van der Waals surface area (Å²) in [5.41, 5.74) is 3.39. The van der Waals surface area contributed by atoms with E-state index >= 15 is 0 Å². The van der Waals surface area contributed by atoms with Gasteiger partial charge in [0.1, 0.15) is 5.38 Å². The molecule has 5 heteroatoms. The molecule has 0 radical (unpaired) electrons. The van der Waals surface area contributed by atoms with Crippen molar-refractivity contribution >= 4 is 23.3 Å². The Morgan fingerprint density at radius 1 is 1.39 bits per heavy atom. The van der Waals surface area contributed by atoms with Gasteiger partial charge in [-0.15, -0.1) is 16.7 Å². The maximum Gasteiger partial charge on any atom is 0.320 e. The van der Waals surface area contributed by atoms with Crippen LogP contribution in [0, 0.1) is 6.92 Å². The number of alkyl halides is 1. The quantitative estimate of drug-likeness (QED) is 0.850. The highest BCUT2D eigenvalue weighted by Gasteiger charge is 2.13. The van der Waals surface area contributed by atoms with Crippen molar-refractivity contribution in [3.05, 3.63) is 35.2 Å². The second-order valence-corrected chi connectivity index (χ2v) is 4.80. The van der Waals surface area contributed by atoms with Crippen LogP contribution < -0.4 is 5.32 Å². The molecule has 0 bridgehead atoms. The third-order valence-corrected chi connectivity index (χ3v) is 2.94. The summed E-state index contributed by atoms with van der Waals surface area (Å²) in [6.45, 7) is 5.95. The smallest absolute Gasteiger partial charge is 0.320 e. The van der Waals surface area contributed by atoms with Crippen LogP contribution in [0.1, 0.15) is 36.2 Å². The van der Waals surface area contributed by atoms with E-state index < -0.39 is 0 Å². The molecule has 0 aliphatic carbocycles. The van der Waals surface area contributed by atoms with Crippen LogP contribution in [-0.4, -0.2) is 10.2 Å². The van der Waals surface area contributed by atoms with Gasteiger partial charge in [-0.25, -0.2) is 0 Å². The Hall–Kier alpha value is -1.55. The number of halogens is 1. The fraction of sp³-hybridized carbons (Fsp3) is 0.385. The van der Waals surface area contributed by atoms with Gasteiger partial charge < -0.3 is 9.73 Å². The third-order valence-electron chi connectivity index (χ3n) is 2.75. The number of nitrogens with one attached hydrogen (secondary N) is 1. The van der Waals surface area contributed by atoms with E-state index in [1.54, 1.807) is 6.92 Å². The lowest BCUT2D eigenvalue weighted by atomic mass is 10.1. The molecule has 0 saturated heterocycles. The van der Waals surface area contributed by atoms with E-state index in [1.165, 1.54) is 5.56 Å². The summed E-state index contributed by atoms with van der Waals surface area (Å²) >= 11 is 5.89. The molecule has 96 valence electrons. The summed E-state index contributed by atoms with van der Waals surface area (Å²) in [4.78, 5) is 0.